The zero-order valence-corrected chi connectivity index (χ0v) is 10.0. The first-order valence-corrected chi connectivity index (χ1v) is 5.57. The highest BCUT2D eigenvalue weighted by Gasteiger charge is 2.10. The van der Waals surface area contributed by atoms with Gasteiger partial charge in [-0.2, -0.15) is 0 Å². The predicted octanol–water partition coefficient (Wildman–Crippen LogP) is 2.70. The van der Waals surface area contributed by atoms with Crippen LogP contribution < -0.4 is 5.32 Å². The van der Waals surface area contributed by atoms with E-state index in [0.717, 1.165) is 6.42 Å². The first kappa shape index (κ1) is 12.8. The van der Waals surface area contributed by atoms with Gasteiger partial charge in [-0.1, -0.05) is 6.92 Å². The number of rotatable bonds is 5. The third kappa shape index (κ3) is 3.42. The van der Waals surface area contributed by atoms with E-state index >= 15 is 0 Å². The van der Waals surface area contributed by atoms with Gasteiger partial charge in [0.2, 0.25) is 0 Å². The quantitative estimate of drug-likeness (QED) is 0.778. The van der Waals surface area contributed by atoms with E-state index in [-0.39, 0.29) is 11.6 Å². The maximum atomic E-state index is 12.9. The molecule has 0 saturated carbocycles. The second-order valence-corrected chi connectivity index (χ2v) is 4.07. The molecule has 2 nitrogen and oxygen atoms in total. The Hall–Kier alpha value is -1.22. The molecule has 0 fully saturated rings. The summed E-state index contributed by atoms with van der Waals surface area (Å²) in [5.41, 5.74) is 1.29. The van der Waals surface area contributed by atoms with Crippen molar-refractivity contribution in [3.05, 3.63) is 35.1 Å². The van der Waals surface area contributed by atoms with Gasteiger partial charge >= 0.3 is 0 Å². The number of ketones is 1. The van der Waals surface area contributed by atoms with Crippen molar-refractivity contribution in [1.82, 2.24) is 5.32 Å². The van der Waals surface area contributed by atoms with Gasteiger partial charge < -0.3 is 5.32 Å². The van der Waals surface area contributed by atoms with Crippen LogP contribution in [0.15, 0.2) is 18.2 Å². The molecule has 0 aliphatic carbocycles. The molecule has 0 radical (unpaired) electrons. The number of benzene rings is 1. The van der Waals surface area contributed by atoms with Crippen LogP contribution in [0.25, 0.3) is 0 Å². The summed E-state index contributed by atoms with van der Waals surface area (Å²) in [6, 6.07) is 4.58. The van der Waals surface area contributed by atoms with Crippen molar-refractivity contribution in [1.29, 1.82) is 0 Å². The molecule has 1 rings (SSSR count). The Bertz CT molecular complexity index is 376. The summed E-state index contributed by atoms with van der Waals surface area (Å²) in [6.07, 6.45) is 0.982. The number of hydrogen-bond acceptors (Lipinski definition) is 2. The fourth-order valence-electron chi connectivity index (χ4n) is 1.45. The highest BCUT2D eigenvalue weighted by molar-refractivity contribution is 5.98. The van der Waals surface area contributed by atoms with Crippen molar-refractivity contribution in [2.75, 3.05) is 6.54 Å². The van der Waals surface area contributed by atoms with Gasteiger partial charge in [-0.25, -0.2) is 4.39 Å². The number of carbonyl (C=O) groups is 1. The smallest absolute Gasteiger partial charge is 0.176 e. The summed E-state index contributed by atoms with van der Waals surface area (Å²) in [4.78, 5) is 11.8. The maximum Gasteiger partial charge on any atom is 0.176 e. The Morgan fingerprint density at radius 1 is 1.50 bits per heavy atom. The minimum absolute atomic E-state index is 0.0119. The number of halogens is 1. The topological polar surface area (TPSA) is 29.1 Å². The fraction of sp³-hybridized carbons (Fsp3) is 0.462. The molecular weight excluding hydrogens is 205 g/mol. The monoisotopic (exact) mass is 223 g/mol. The molecule has 3 heteroatoms. The van der Waals surface area contributed by atoms with Crippen LogP contribution in [-0.2, 0) is 0 Å². The molecule has 0 bridgehead atoms. The van der Waals surface area contributed by atoms with Crippen LogP contribution >= 0.6 is 0 Å². The summed E-state index contributed by atoms with van der Waals surface area (Å²) in [5.74, 6) is -0.290. The Morgan fingerprint density at radius 2 is 2.19 bits per heavy atom. The van der Waals surface area contributed by atoms with Crippen LogP contribution in [0.5, 0.6) is 0 Å². The van der Waals surface area contributed by atoms with Crippen molar-refractivity contribution in [2.45, 2.75) is 33.2 Å². The minimum atomic E-state index is -0.302. The number of hydrogen-bond donors (Lipinski definition) is 1. The number of Topliss-reactive ketones (excluding diaryl/α,β-unsaturated/α-hetero) is 1. The standard InChI is InChI=1S/C13H18FNO/c1-4-10(3)15-8-13(16)12-6-5-11(14)7-9(12)2/h5-7,10,15H,4,8H2,1-3H3. The van der Waals surface area contributed by atoms with Gasteiger partial charge in [0.1, 0.15) is 5.82 Å². The molecule has 0 saturated heterocycles. The third-order valence-electron chi connectivity index (χ3n) is 2.71. The van der Waals surface area contributed by atoms with Crippen molar-refractivity contribution in [3.63, 3.8) is 0 Å². The Morgan fingerprint density at radius 3 is 2.75 bits per heavy atom. The van der Waals surface area contributed by atoms with Gasteiger partial charge in [0, 0.05) is 11.6 Å². The van der Waals surface area contributed by atoms with Crippen molar-refractivity contribution >= 4 is 5.78 Å². The van der Waals surface area contributed by atoms with E-state index in [9.17, 15) is 9.18 Å². The van der Waals surface area contributed by atoms with Crippen LogP contribution in [0.1, 0.15) is 36.2 Å². The molecule has 88 valence electrons. The second-order valence-electron chi connectivity index (χ2n) is 4.07. The molecule has 1 unspecified atom stereocenters. The van der Waals surface area contributed by atoms with Gasteiger partial charge in [0.15, 0.2) is 5.78 Å². The van der Waals surface area contributed by atoms with E-state index in [2.05, 4.69) is 12.2 Å². The second kappa shape index (κ2) is 5.75. The molecule has 0 heterocycles. The van der Waals surface area contributed by atoms with Crippen molar-refractivity contribution < 1.29 is 9.18 Å². The average Bonchev–Trinajstić information content (AvgIpc) is 2.25. The molecule has 0 aromatic heterocycles. The van der Waals surface area contributed by atoms with Crippen LogP contribution in [0.2, 0.25) is 0 Å². The molecule has 0 amide bonds. The summed E-state index contributed by atoms with van der Waals surface area (Å²) >= 11 is 0. The Balaban J connectivity index is 2.66. The van der Waals surface area contributed by atoms with E-state index in [1.165, 1.54) is 12.1 Å². The molecule has 1 aromatic rings. The van der Waals surface area contributed by atoms with E-state index in [4.69, 9.17) is 0 Å². The van der Waals surface area contributed by atoms with Crippen molar-refractivity contribution in [2.24, 2.45) is 0 Å². The van der Waals surface area contributed by atoms with Crippen LogP contribution in [0, 0.1) is 12.7 Å². The van der Waals surface area contributed by atoms with Crippen LogP contribution in [0.4, 0.5) is 4.39 Å². The molecular formula is C13H18FNO. The summed E-state index contributed by atoms with van der Waals surface area (Å²) in [7, 11) is 0. The Kier molecular flexibility index (Phi) is 4.62. The first-order chi connectivity index (χ1) is 7.54. The first-order valence-electron chi connectivity index (χ1n) is 5.57. The molecule has 1 atom stereocenters. The van der Waals surface area contributed by atoms with Gasteiger partial charge in [-0.3, -0.25) is 4.79 Å². The van der Waals surface area contributed by atoms with Gasteiger partial charge in [0.25, 0.3) is 0 Å². The number of aryl methyl sites for hydroxylation is 1. The molecule has 1 aromatic carbocycles. The van der Waals surface area contributed by atoms with E-state index in [1.807, 2.05) is 6.92 Å². The lowest BCUT2D eigenvalue weighted by molar-refractivity contribution is 0.0987. The SMILES string of the molecule is CCC(C)NCC(=O)c1ccc(F)cc1C. The highest BCUT2D eigenvalue weighted by atomic mass is 19.1. The highest BCUT2D eigenvalue weighted by Crippen LogP contribution is 2.10. The lowest BCUT2D eigenvalue weighted by Gasteiger charge is -2.11. The zero-order chi connectivity index (χ0) is 12.1. The van der Waals surface area contributed by atoms with Crippen LogP contribution in [-0.4, -0.2) is 18.4 Å². The predicted molar refractivity (Wildman–Crippen MR) is 63.2 cm³/mol. The molecule has 16 heavy (non-hydrogen) atoms. The molecule has 1 N–H and O–H groups in total. The van der Waals surface area contributed by atoms with Crippen LogP contribution in [0.3, 0.4) is 0 Å². The average molecular weight is 223 g/mol. The lowest BCUT2D eigenvalue weighted by Crippen LogP contribution is -2.31. The largest absolute Gasteiger partial charge is 0.307 e. The van der Waals surface area contributed by atoms with E-state index in [0.29, 0.717) is 23.7 Å². The Labute approximate surface area is 95.9 Å². The minimum Gasteiger partial charge on any atom is -0.307 e. The molecule has 0 aliphatic heterocycles. The number of nitrogens with one attached hydrogen (secondary N) is 1. The maximum absolute atomic E-state index is 12.9. The summed E-state index contributed by atoms with van der Waals surface area (Å²) in [5, 5.41) is 3.13. The van der Waals surface area contributed by atoms with Crippen molar-refractivity contribution in [3.8, 4) is 0 Å². The molecule has 0 spiro atoms. The number of carbonyl (C=O) groups excluding carboxylic acids is 1. The zero-order valence-electron chi connectivity index (χ0n) is 10.0. The fourth-order valence-corrected chi connectivity index (χ4v) is 1.45. The third-order valence-corrected chi connectivity index (χ3v) is 2.71. The van der Waals surface area contributed by atoms with Gasteiger partial charge in [-0.05, 0) is 44.0 Å². The van der Waals surface area contributed by atoms with E-state index < -0.39 is 0 Å². The van der Waals surface area contributed by atoms with Gasteiger partial charge in [0.05, 0.1) is 6.54 Å². The summed E-state index contributed by atoms with van der Waals surface area (Å²) in [6.45, 7) is 6.15. The van der Waals surface area contributed by atoms with E-state index in [1.54, 1.807) is 13.0 Å². The normalized spacial score (nSPS) is 12.5. The summed E-state index contributed by atoms with van der Waals surface area (Å²) < 4.78 is 12.9. The lowest BCUT2D eigenvalue weighted by atomic mass is 10.0. The van der Waals surface area contributed by atoms with Gasteiger partial charge in [-0.15, -0.1) is 0 Å². The molecule has 0 aliphatic rings.